The van der Waals surface area contributed by atoms with E-state index in [1.165, 1.54) is 0 Å². The van der Waals surface area contributed by atoms with Crippen LogP contribution in [0.3, 0.4) is 0 Å². The summed E-state index contributed by atoms with van der Waals surface area (Å²) in [5.74, 6) is -1.18. The largest absolute Gasteiger partial charge is 0.478 e. The van der Waals surface area contributed by atoms with Gasteiger partial charge in [-0.3, -0.25) is 0 Å². The maximum absolute atomic E-state index is 11.8. The maximum atomic E-state index is 11.8. The van der Waals surface area contributed by atoms with E-state index in [1.807, 2.05) is 6.92 Å². The number of sulfonamides is 1. The van der Waals surface area contributed by atoms with Crippen LogP contribution in [0.5, 0.6) is 0 Å². The Morgan fingerprint density at radius 1 is 1.47 bits per heavy atom. The number of carboxylic acids is 1. The number of carbonyl (C=O) groups is 1. The number of hydrogen-bond donors (Lipinski definition) is 3. The first kappa shape index (κ1) is 15.5. The minimum atomic E-state index is -3.83. The number of aromatic nitrogens is 1. The van der Waals surface area contributed by atoms with Gasteiger partial charge in [0.1, 0.15) is 0 Å². The SMILES string of the molecule is CCCC(O)CNS(=O)(=O)c1ccc(C(=O)O)cn1. The molecule has 0 spiro atoms. The molecule has 0 fully saturated rings. The van der Waals surface area contributed by atoms with E-state index in [9.17, 15) is 18.3 Å². The Labute approximate surface area is 111 Å². The first-order valence-corrected chi connectivity index (χ1v) is 7.22. The predicted molar refractivity (Wildman–Crippen MR) is 67.3 cm³/mol. The van der Waals surface area contributed by atoms with Gasteiger partial charge in [-0.25, -0.2) is 22.9 Å². The predicted octanol–water partition coefficient (Wildman–Crippen LogP) is 0.219. The van der Waals surface area contributed by atoms with Crippen molar-refractivity contribution < 1.29 is 23.4 Å². The van der Waals surface area contributed by atoms with Gasteiger partial charge in [-0.2, -0.15) is 0 Å². The molecule has 0 aliphatic rings. The number of aliphatic hydroxyl groups is 1. The summed E-state index contributed by atoms with van der Waals surface area (Å²) >= 11 is 0. The number of carboxylic acid groups (broad SMARTS) is 1. The molecule has 19 heavy (non-hydrogen) atoms. The lowest BCUT2D eigenvalue weighted by molar-refractivity contribution is 0.0696. The van der Waals surface area contributed by atoms with Crippen LogP contribution in [0.25, 0.3) is 0 Å². The molecule has 0 saturated heterocycles. The molecule has 1 heterocycles. The van der Waals surface area contributed by atoms with Crippen LogP contribution in [0, 0.1) is 0 Å². The third-order valence-corrected chi connectivity index (χ3v) is 3.73. The zero-order valence-electron chi connectivity index (χ0n) is 10.4. The highest BCUT2D eigenvalue weighted by Gasteiger charge is 2.17. The molecule has 0 aliphatic heterocycles. The van der Waals surface area contributed by atoms with Crippen molar-refractivity contribution in [3.63, 3.8) is 0 Å². The van der Waals surface area contributed by atoms with Crippen molar-refractivity contribution in [3.05, 3.63) is 23.9 Å². The fourth-order valence-electron chi connectivity index (χ4n) is 1.38. The van der Waals surface area contributed by atoms with E-state index in [-0.39, 0.29) is 17.1 Å². The lowest BCUT2D eigenvalue weighted by atomic mass is 10.2. The number of aliphatic hydroxyl groups excluding tert-OH is 1. The van der Waals surface area contributed by atoms with Gasteiger partial charge in [0, 0.05) is 12.7 Å². The molecule has 0 aromatic carbocycles. The van der Waals surface area contributed by atoms with Gasteiger partial charge in [0.25, 0.3) is 10.0 Å². The zero-order valence-corrected chi connectivity index (χ0v) is 11.2. The van der Waals surface area contributed by atoms with Gasteiger partial charge in [0.05, 0.1) is 11.7 Å². The summed E-state index contributed by atoms with van der Waals surface area (Å²) in [7, 11) is -3.83. The molecule has 8 heteroatoms. The highest BCUT2D eigenvalue weighted by Crippen LogP contribution is 2.07. The first-order chi connectivity index (χ1) is 8.86. The van der Waals surface area contributed by atoms with Gasteiger partial charge < -0.3 is 10.2 Å². The van der Waals surface area contributed by atoms with E-state index < -0.39 is 22.1 Å². The molecule has 0 amide bonds. The third-order valence-electron chi connectivity index (χ3n) is 2.39. The minimum Gasteiger partial charge on any atom is -0.478 e. The zero-order chi connectivity index (χ0) is 14.5. The Bertz CT molecular complexity index is 527. The van der Waals surface area contributed by atoms with Gasteiger partial charge in [0.2, 0.25) is 0 Å². The fourth-order valence-corrected chi connectivity index (χ4v) is 2.38. The Kier molecular flexibility index (Phi) is 5.40. The lowest BCUT2D eigenvalue weighted by Crippen LogP contribution is -2.32. The first-order valence-electron chi connectivity index (χ1n) is 5.74. The number of aromatic carboxylic acids is 1. The topological polar surface area (TPSA) is 117 Å². The molecule has 7 nitrogen and oxygen atoms in total. The van der Waals surface area contributed by atoms with Gasteiger partial charge in [0.15, 0.2) is 5.03 Å². The normalized spacial score (nSPS) is 13.2. The van der Waals surface area contributed by atoms with E-state index in [0.29, 0.717) is 6.42 Å². The molecule has 1 unspecified atom stereocenters. The summed E-state index contributed by atoms with van der Waals surface area (Å²) in [6.45, 7) is 1.78. The highest BCUT2D eigenvalue weighted by molar-refractivity contribution is 7.89. The molecule has 1 rings (SSSR count). The number of nitrogens with one attached hydrogen (secondary N) is 1. The van der Waals surface area contributed by atoms with Gasteiger partial charge in [-0.15, -0.1) is 0 Å². The molecule has 1 aromatic heterocycles. The van der Waals surface area contributed by atoms with Crippen molar-refractivity contribution in [1.29, 1.82) is 0 Å². The average Bonchev–Trinajstić information content (AvgIpc) is 2.37. The molecule has 0 bridgehead atoms. The molecule has 0 radical (unpaired) electrons. The van der Waals surface area contributed by atoms with Crippen molar-refractivity contribution in [2.45, 2.75) is 30.9 Å². The lowest BCUT2D eigenvalue weighted by Gasteiger charge is -2.10. The molecule has 1 atom stereocenters. The van der Waals surface area contributed by atoms with Gasteiger partial charge in [-0.05, 0) is 18.6 Å². The molecule has 0 saturated carbocycles. The fraction of sp³-hybridized carbons (Fsp3) is 0.455. The van der Waals surface area contributed by atoms with Crippen LogP contribution in [-0.4, -0.2) is 42.2 Å². The Hall–Kier alpha value is -1.51. The molecule has 1 aromatic rings. The van der Waals surface area contributed by atoms with Crippen LogP contribution >= 0.6 is 0 Å². The second kappa shape index (κ2) is 6.60. The van der Waals surface area contributed by atoms with Crippen LogP contribution in [0.15, 0.2) is 23.4 Å². The molecular formula is C11H16N2O5S. The van der Waals surface area contributed by atoms with E-state index in [4.69, 9.17) is 5.11 Å². The summed E-state index contributed by atoms with van der Waals surface area (Å²) < 4.78 is 25.8. The molecule has 0 aliphatic carbocycles. The second-order valence-electron chi connectivity index (χ2n) is 3.98. The van der Waals surface area contributed by atoms with Crippen molar-refractivity contribution in [2.75, 3.05) is 6.54 Å². The Balaban J connectivity index is 2.74. The third kappa shape index (κ3) is 4.58. The number of rotatable bonds is 7. The molecular weight excluding hydrogens is 272 g/mol. The van der Waals surface area contributed by atoms with E-state index in [0.717, 1.165) is 24.8 Å². The Morgan fingerprint density at radius 3 is 2.63 bits per heavy atom. The van der Waals surface area contributed by atoms with Crippen molar-refractivity contribution in [3.8, 4) is 0 Å². The van der Waals surface area contributed by atoms with Gasteiger partial charge >= 0.3 is 5.97 Å². The van der Waals surface area contributed by atoms with Crippen LogP contribution in [-0.2, 0) is 10.0 Å². The summed E-state index contributed by atoms with van der Waals surface area (Å²) in [6, 6.07) is 2.27. The summed E-state index contributed by atoms with van der Waals surface area (Å²) in [5.41, 5.74) is -0.0926. The van der Waals surface area contributed by atoms with Crippen LogP contribution in [0.2, 0.25) is 0 Å². The van der Waals surface area contributed by atoms with Crippen molar-refractivity contribution in [2.24, 2.45) is 0 Å². The van der Waals surface area contributed by atoms with Crippen LogP contribution < -0.4 is 4.72 Å². The van der Waals surface area contributed by atoms with Crippen LogP contribution in [0.1, 0.15) is 30.1 Å². The highest BCUT2D eigenvalue weighted by atomic mass is 32.2. The van der Waals surface area contributed by atoms with Crippen LogP contribution in [0.4, 0.5) is 0 Å². The van der Waals surface area contributed by atoms with Crippen molar-refractivity contribution >= 4 is 16.0 Å². The molecule has 106 valence electrons. The number of pyridine rings is 1. The van der Waals surface area contributed by atoms with Crippen molar-refractivity contribution in [1.82, 2.24) is 9.71 Å². The van der Waals surface area contributed by atoms with Gasteiger partial charge in [-0.1, -0.05) is 13.3 Å². The number of hydrogen-bond acceptors (Lipinski definition) is 5. The standard InChI is InChI=1S/C11H16N2O5S/c1-2-3-9(14)7-13-19(17,18)10-5-4-8(6-12-10)11(15)16/h4-6,9,13-14H,2-3,7H2,1H3,(H,15,16). The molecule has 3 N–H and O–H groups in total. The van der Waals surface area contributed by atoms with E-state index in [2.05, 4.69) is 9.71 Å². The monoisotopic (exact) mass is 288 g/mol. The quantitative estimate of drug-likeness (QED) is 0.660. The summed E-state index contributed by atoms with van der Waals surface area (Å²) in [4.78, 5) is 14.2. The van der Waals surface area contributed by atoms with E-state index >= 15 is 0 Å². The minimum absolute atomic E-state index is 0.0926. The smallest absolute Gasteiger partial charge is 0.337 e. The second-order valence-corrected chi connectivity index (χ2v) is 5.70. The Morgan fingerprint density at radius 2 is 2.16 bits per heavy atom. The number of nitrogens with zero attached hydrogens (tertiary/aromatic N) is 1. The average molecular weight is 288 g/mol. The van der Waals surface area contributed by atoms with E-state index in [1.54, 1.807) is 0 Å². The summed E-state index contributed by atoms with van der Waals surface area (Å²) in [5, 5.41) is 17.9. The summed E-state index contributed by atoms with van der Waals surface area (Å²) in [6.07, 6.45) is 1.46. The maximum Gasteiger partial charge on any atom is 0.337 e.